The summed E-state index contributed by atoms with van der Waals surface area (Å²) in [7, 11) is 0. The molecule has 0 aromatic heterocycles. The summed E-state index contributed by atoms with van der Waals surface area (Å²) in [5.41, 5.74) is -1.20. The van der Waals surface area contributed by atoms with E-state index in [0.29, 0.717) is 0 Å². The van der Waals surface area contributed by atoms with Gasteiger partial charge in [0.25, 0.3) is 0 Å². The van der Waals surface area contributed by atoms with Gasteiger partial charge >= 0.3 is 11.9 Å². The average molecular weight is 445 g/mol. The maximum atomic E-state index is 11.7. The minimum atomic E-state index is -0.649. The van der Waals surface area contributed by atoms with Crippen LogP contribution in [0.2, 0.25) is 0 Å². The largest absolute Gasteiger partial charge is 0.481 e. The van der Waals surface area contributed by atoms with E-state index in [9.17, 15) is 19.8 Å². The molecule has 0 fully saturated rings. The van der Waals surface area contributed by atoms with E-state index in [1.807, 2.05) is 24.3 Å². The quantitative estimate of drug-likeness (QED) is 0.188. The fraction of sp³-hybridized carbons (Fsp3) is 0.714. The minimum absolute atomic E-state index is 0.598. The lowest BCUT2D eigenvalue weighted by Crippen LogP contribution is -2.30. The number of allylic oxidation sites excluding steroid dienone is 4. The molecule has 2 atom stereocenters. The molecule has 0 bridgehead atoms. The van der Waals surface area contributed by atoms with Crippen molar-refractivity contribution in [2.24, 2.45) is 10.8 Å². The van der Waals surface area contributed by atoms with Crippen LogP contribution in [0.5, 0.6) is 0 Å². The number of hydrogen-bond acceptors (Lipinski definition) is 2. The van der Waals surface area contributed by atoms with Crippen molar-refractivity contribution in [3.8, 4) is 0 Å². The van der Waals surface area contributed by atoms with Gasteiger partial charge in [0, 0.05) is 0 Å². The molecule has 0 aromatic carbocycles. The highest BCUT2D eigenvalue weighted by Crippen LogP contribution is 2.37. The summed E-state index contributed by atoms with van der Waals surface area (Å²) in [4.78, 5) is 23.3. The van der Waals surface area contributed by atoms with Crippen LogP contribution in [0.25, 0.3) is 0 Å². The van der Waals surface area contributed by atoms with Crippen molar-refractivity contribution < 1.29 is 19.8 Å². The zero-order chi connectivity index (χ0) is 23.1. The third-order valence-electron chi connectivity index (χ3n) is 7.37. The molecular formula is C28H44O4. The van der Waals surface area contributed by atoms with Gasteiger partial charge in [-0.25, -0.2) is 0 Å². The minimum Gasteiger partial charge on any atom is -0.481 e. The van der Waals surface area contributed by atoms with Crippen LogP contribution < -0.4 is 0 Å². The summed E-state index contributed by atoms with van der Waals surface area (Å²) < 4.78 is 0. The molecule has 0 saturated heterocycles. The Hall–Kier alpha value is -1.84. The van der Waals surface area contributed by atoms with Crippen molar-refractivity contribution in [3.63, 3.8) is 0 Å². The smallest absolute Gasteiger partial charge is 0.313 e. The van der Waals surface area contributed by atoms with E-state index in [0.717, 1.165) is 89.9 Å². The van der Waals surface area contributed by atoms with Gasteiger partial charge in [-0.1, -0.05) is 75.0 Å². The molecule has 2 unspecified atom stereocenters. The molecule has 0 heterocycles. The van der Waals surface area contributed by atoms with E-state index in [2.05, 4.69) is 12.2 Å². The first kappa shape index (κ1) is 26.4. The Labute approximate surface area is 194 Å². The summed E-state index contributed by atoms with van der Waals surface area (Å²) in [6.07, 6.45) is 30.8. The highest BCUT2D eigenvalue weighted by atomic mass is 16.4. The zero-order valence-electron chi connectivity index (χ0n) is 19.9. The van der Waals surface area contributed by atoms with Crippen LogP contribution in [0, 0.1) is 10.8 Å². The second-order valence-corrected chi connectivity index (χ2v) is 9.89. The Bertz CT molecular complexity index is 606. The lowest BCUT2D eigenvalue weighted by Gasteiger charge is -2.28. The molecule has 0 radical (unpaired) electrons. The number of carbonyl (C=O) groups is 2. The van der Waals surface area contributed by atoms with Crippen molar-refractivity contribution in [2.75, 3.05) is 0 Å². The fourth-order valence-corrected chi connectivity index (χ4v) is 5.19. The lowest BCUT2D eigenvalue weighted by molar-refractivity contribution is -0.148. The van der Waals surface area contributed by atoms with Crippen molar-refractivity contribution in [1.29, 1.82) is 0 Å². The SMILES string of the molecule is O=C(O)C1(CCCCCC/C=C\CCCCCCC2(C(=O)O)C=CCCC2)C=CCCC1. The zero-order valence-corrected chi connectivity index (χ0v) is 19.9. The molecular weight excluding hydrogens is 400 g/mol. The monoisotopic (exact) mass is 444 g/mol. The fourth-order valence-electron chi connectivity index (χ4n) is 5.19. The first-order valence-electron chi connectivity index (χ1n) is 13.0. The molecule has 4 nitrogen and oxygen atoms in total. The van der Waals surface area contributed by atoms with Crippen molar-refractivity contribution >= 4 is 11.9 Å². The molecule has 2 rings (SSSR count). The molecule has 2 aliphatic rings. The summed E-state index contributed by atoms with van der Waals surface area (Å²) in [5.74, 6) is -1.30. The number of unbranched alkanes of at least 4 members (excludes halogenated alkanes) is 8. The van der Waals surface area contributed by atoms with Crippen molar-refractivity contribution in [1.82, 2.24) is 0 Å². The molecule has 2 aliphatic carbocycles. The van der Waals surface area contributed by atoms with Crippen LogP contribution in [-0.4, -0.2) is 22.2 Å². The van der Waals surface area contributed by atoms with E-state index >= 15 is 0 Å². The van der Waals surface area contributed by atoms with Crippen LogP contribution in [0.3, 0.4) is 0 Å². The van der Waals surface area contributed by atoms with Crippen molar-refractivity contribution in [3.05, 3.63) is 36.5 Å². The van der Waals surface area contributed by atoms with Crippen LogP contribution in [-0.2, 0) is 9.59 Å². The first-order valence-corrected chi connectivity index (χ1v) is 13.0. The Morgan fingerprint density at radius 1 is 0.656 bits per heavy atom. The highest BCUT2D eigenvalue weighted by Gasteiger charge is 2.36. The average Bonchev–Trinajstić information content (AvgIpc) is 2.80. The van der Waals surface area contributed by atoms with Crippen LogP contribution in [0.4, 0.5) is 0 Å². The molecule has 0 amide bonds. The highest BCUT2D eigenvalue weighted by molar-refractivity contribution is 5.77. The maximum Gasteiger partial charge on any atom is 0.313 e. The Morgan fingerprint density at radius 2 is 1.06 bits per heavy atom. The van der Waals surface area contributed by atoms with E-state index in [4.69, 9.17) is 0 Å². The predicted octanol–water partition coefficient (Wildman–Crippen LogP) is 7.85. The Kier molecular flexibility index (Phi) is 11.8. The standard InChI is InChI=1S/C28H44O4/c29-25(30)27(21-15-11-16-22-27)19-13-9-7-5-3-1-2-4-6-8-10-14-20-28(26(31)32)23-17-12-18-24-28/h1-2,15,17,21,23H,3-14,16,18-20,22,24H2,(H,29,30)(H,31,32)/b2-1-. The molecule has 2 N–H and O–H groups in total. The number of rotatable bonds is 16. The summed E-state index contributed by atoms with van der Waals surface area (Å²) in [6, 6.07) is 0. The second kappa shape index (κ2) is 14.3. The summed E-state index contributed by atoms with van der Waals surface area (Å²) in [6.45, 7) is 0. The van der Waals surface area contributed by atoms with E-state index in [1.54, 1.807) is 0 Å². The Morgan fingerprint density at radius 3 is 1.41 bits per heavy atom. The van der Waals surface area contributed by atoms with Gasteiger partial charge in [0.2, 0.25) is 0 Å². The number of carboxylic acid groups (broad SMARTS) is 2. The molecule has 0 aromatic rings. The summed E-state index contributed by atoms with van der Waals surface area (Å²) >= 11 is 0. The van der Waals surface area contributed by atoms with Gasteiger partial charge in [-0.15, -0.1) is 0 Å². The van der Waals surface area contributed by atoms with Crippen LogP contribution in [0.1, 0.15) is 116 Å². The first-order chi connectivity index (χ1) is 15.5. The maximum absolute atomic E-state index is 11.7. The number of carboxylic acids is 2. The van der Waals surface area contributed by atoms with Gasteiger partial charge in [-0.05, 0) is 77.0 Å². The molecule has 0 aliphatic heterocycles. The molecule has 0 saturated carbocycles. The summed E-state index contributed by atoms with van der Waals surface area (Å²) in [5, 5.41) is 19.2. The van der Waals surface area contributed by atoms with Crippen LogP contribution in [0.15, 0.2) is 36.5 Å². The van der Waals surface area contributed by atoms with Gasteiger partial charge in [-0.2, -0.15) is 0 Å². The normalized spacial score (nSPS) is 25.4. The molecule has 32 heavy (non-hydrogen) atoms. The topological polar surface area (TPSA) is 74.6 Å². The van der Waals surface area contributed by atoms with E-state index < -0.39 is 22.8 Å². The van der Waals surface area contributed by atoms with Crippen LogP contribution >= 0.6 is 0 Å². The van der Waals surface area contributed by atoms with Gasteiger partial charge in [-0.3, -0.25) is 9.59 Å². The molecule has 4 heteroatoms. The van der Waals surface area contributed by atoms with E-state index in [-0.39, 0.29) is 0 Å². The van der Waals surface area contributed by atoms with Gasteiger partial charge in [0.15, 0.2) is 0 Å². The Balaban J connectivity index is 1.44. The lowest BCUT2D eigenvalue weighted by atomic mass is 9.75. The molecule has 0 spiro atoms. The van der Waals surface area contributed by atoms with Gasteiger partial charge < -0.3 is 10.2 Å². The third kappa shape index (κ3) is 8.60. The number of hydrogen-bond donors (Lipinski definition) is 2. The van der Waals surface area contributed by atoms with Gasteiger partial charge in [0.1, 0.15) is 0 Å². The third-order valence-corrected chi connectivity index (χ3v) is 7.37. The van der Waals surface area contributed by atoms with Crippen molar-refractivity contribution in [2.45, 2.75) is 116 Å². The van der Waals surface area contributed by atoms with Gasteiger partial charge in [0.05, 0.1) is 10.8 Å². The second-order valence-electron chi connectivity index (χ2n) is 9.89. The molecule has 180 valence electrons. The number of aliphatic carboxylic acids is 2. The predicted molar refractivity (Wildman–Crippen MR) is 131 cm³/mol. The van der Waals surface area contributed by atoms with E-state index in [1.165, 1.54) is 25.7 Å².